The third kappa shape index (κ3) is 7.27. The molecule has 3 rings (SSSR count). The first-order chi connectivity index (χ1) is 16.4. The molecular weight excluding hydrogens is 448 g/mol. The molecule has 7 nitrogen and oxygen atoms in total. The van der Waals surface area contributed by atoms with Crippen LogP contribution in [-0.4, -0.2) is 59.7 Å². The normalized spacial score (nSPS) is 15.4. The minimum absolute atomic E-state index is 0.113. The molecule has 186 valence electrons. The molecule has 1 aromatic heterocycles. The van der Waals surface area contributed by atoms with Crippen molar-refractivity contribution in [3.05, 3.63) is 47.8 Å². The summed E-state index contributed by atoms with van der Waals surface area (Å²) < 4.78 is 20.2. The van der Waals surface area contributed by atoms with Gasteiger partial charge in [0.25, 0.3) is 0 Å². The Bertz CT molecular complexity index is 939. The number of hydrogen-bond acceptors (Lipinski definition) is 5. The van der Waals surface area contributed by atoms with E-state index in [9.17, 15) is 9.00 Å². The maximum Gasteiger partial charge on any atom is 0.220 e. The Kier molecular flexibility index (Phi) is 9.89. The zero-order chi connectivity index (χ0) is 24.5. The summed E-state index contributed by atoms with van der Waals surface area (Å²) in [5, 5.41) is 3.12. The van der Waals surface area contributed by atoms with Crippen LogP contribution in [0.25, 0.3) is 0 Å². The van der Waals surface area contributed by atoms with Crippen molar-refractivity contribution < 1.29 is 13.7 Å². The topological polar surface area (TPSA) is 74.8 Å². The second-order valence-electron chi connectivity index (χ2n) is 9.09. The minimum Gasteiger partial charge on any atom is -0.497 e. The van der Waals surface area contributed by atoms with E-state index in [2.05, 4.69) is 27.3 Å². The van der Waals surface area contributed by atoms with Crippen LogP contribution in [0, 0.1) is 19.8 Å². The standard InChI is InChI=1S/C26H38N4O3S/c1-20-17-24(33-4)18-21(2)26(20)34(32)29(3)14-6-5-7-25(31)28-19-22-10-15-30(16-11-22)23-8-12-27-13-9-23/h8-9,12-13,17-18,22H,5-7,10-11,14-16,19H2,1-4H3,(H,28,31). The number of amides is 1. The van der Waals surface area contributed by atoms with Crippen molar-refractivity contribution in [2.75, 3.05) is 45.2 Å². The van der Waals surface area contributed by atoms with Crippen LogP contribution in [0.15, 0.2) is 41.6 Å². The van der Waals surface area contributed by atoms with E-state index >= 15 is 0 Å². The SMILES string of the molecule is COc1cc(C)c(S(=O)N(C)CCCCC(=O)NCC2CCN(c3ccncc3)CC2)c(C)c1. The number of aryl methyl sites for hydroxylation is 2. The maximum atomic E-state index is 13.0. The largest absolute Gasteiger partial charge is 0.497 e. The zero-order valence-electron chi connectivity index (χ0n) is 20.9. The molecule has 1 atom stereocenters. The number of aromatic nitrogens is 1. The van der Waals surface area contributed by atoms with Gasteiger partial charge >= 0.3 is 0 Å². The maximum absolute atomic E-state index is 13.0. The number of ether oxygens (including phenoxy) is 1. The quantitative estimate of drug-likeness (QED) is 0.488. The van der Waals surface area contributed by atoms with Gasteiger partial charge in [-0.05, 0) is 80.8 Å². The molecule has 1 amide bonds. The van der Waals surface area contributed by atoms with Crippen molar-refractivity contribution in [3.8, 4) is 5.75 Å². The van der Waals surface area contributed by atoms with Crippen molar-refractivity contribution in [1.29, 1.82) is 0 Å². The monoisotopic (exact) mass is 486 g/mol. The van der Waals surface area contributed by atoms with Crippen molar-refractivity contribution in [2.45, 2.75) is 50.8 Å². The molecule has 8 heteroatoms. The Balaban J connectivity index is 1.32. The second kappa shape index (κ2) is 12.9. The van der Waals surface area contributed by atoms with Gasteiger partial charge in [-0.3, -0.25) is 9.78 Å². The molecule has 1 aliphatic rings. The van der Waals surface area contributed by atoms with Crippen LogP contribution in [0.3, 0.4) is 0 Å². The lowest BCUT2D eigenvalue weighted by molar-refractivity contribution is -0.121. The summed E-state index contributed by atoms with van der Waals surface area (Å²) in [5.41, 5.74) is 3.15. The van der Waals surface area contributed by atoms with E-state index in [0.717, 1.165) is 67.1 Å². The Morgan fingerprint density at radius 1 is 1.18 bits per heavy atom. The second-order valence-corrected chi connectivity index (χ2v) is 10.6. The van der Waals surface area contributed by atoms with Crippen LogP contribution in [0.5, 0.6) is 5.75 Å². The molecule has 1 aliphatic heterocycles. The van der Waals surface area contributed by atoms with Gasteiger partial charge in [-0.2, -0.15) is 0 Å². The van der Waals surface area contributed by atoms with Gasteiger partial charge in [-0.25, -0.2) is 8.51 Å². The summed E-state index contributed by atoms with van der Waals surface area (Å²) in [4.78, 5) is 19.6. The van der Waals surface area contributed by atoms with Gasteiger partial charge in [-0.15, -0.1) is 0 Å². The van der Waals surface area contributed by atoms with Crippen LogP contribution in [0.4, 0.5) is 5.69 Å². The highest BCUT2D eigenvalue weighted by atomic mass is 32.2. The molecule has 1 saturated heterocycles. The van der Waals surface area contributed by atoms with Crippen LogP contribution in [0.1, 0.15) is 43.2 Å². The molecule has 1 aromatic carbocycles. The predicted molar refractivity (Wildman–Crippen MR) is 138 cm³/mol. The van der Waals surface area contributed by atoms with Gasteiger partial charge in [0.2, 0.25) is 5.91 Å². The van der Waals surface area contributed by atoms with E-state index < -0.39 is 11.0 Å². The number of piperidine rings is 1. The number of methoxy groups -OCH3 is 1. The lowest BCUT2D eigenvalue weighted by Gasteiger charge is -2.33. The van der Waals surface area contributed by atoms with Crippen molar-refractivity contribution >= 4 is 22.6 Å². The van der Waals surface area contributed by atoms with Crippen LogP contribution < -0.4 is 15.0 Å². The number of pyridine rings is 1. The van der Waals surface area contributed by atoms with Gasteiger partial charge in [0.1, 0.15) is 16.7 Å². The lowest BCUT2D eigenvalue weighted by Crippen LogP contribution is -2.38. The number of nitrogens with one attached hydrogen (secondary N) is 1. The highest BCUT2D eigenvalue weighted by Crippen LogP contribution is 2.26. The summed E-state index contributed by atoms with van der Waals surface area (Å²) in [5.74, 6) is 1.43. The van der Waals surface area contributed by atoms with E-state index in [4.69, 9.17) is 4.74 Å². The van der Waals surface area contributed by atoms with E-state index in [1.54, 1.807) is 7.11 Å². The first kappa shape index (κ1) is 26.2. The van der Waals surface area contributed by atoms with Gasteiger partial charge in [0.15, 0.2) is 0 Å². The number of carbonyl (C=O) groups excluding carboxylic acids is 1. The Morgan fingerprint density at radius 3 is 2.44 bits per heavy atom. The highest BCUT2D eigenvalue weighted by Gasteiger charge is 2.20. The van der Waals surface area contributed by atoms with E-state index in [-0.39, 0.29) is 5.91 Å². The molecule has 0 saturated carbocycles. The average molecular weight is 487 g/mol. The number of carbonyl (C=O) groups is 1. The van der Waals surface area contributed by atoms with Gasteiger partial charge in [0, 0.05) is 57.7 Å². The fourth-order valence-corrected chi connectivity index (χ4v) is 5.73. The average Bonchev–Trinajstić information content (AvgIpc) is 2.85. The molecule has 0 spiro atoms. The summed E-state index contributed by atoms with van der Waals surface area (Å²) in [6, 6.07) is 7.94. The smallest absolute Gasteiger partial charge is 0.220 e. The molecule has 1 N–H and O–H groups in total. The lowest BCUT2D eigenvalue weighted by atomic mass is 9.96. The number of unbranched alkanes of at least 4 members (excludes halogenated alkanes) is 1. The molecular formula is C26H38N4O3S. The molecule has 34 heavy (non-hydrogen) atoms. The summed E-state index contributed by atoms with van der Waals surface area (Å²) >= 11 is 0. The number of hydrogen-bond donors (Lipinski definition) is 1. The minimum atomic E-state index is -1.23. The summed E-state index contributed by atoms with van der Waals surface area (Å²) in [6.07, 6.45) is 7.96. The molecule has 2 heterocycles. The van der Waals surface area contributed by atoms with Crippen LogP contribution >= 0.6 is 0 Å². The number of nitrogens with zero attached hydrogens (tertiary/aromatic N) is 3. The zero-order valence-corrected chi connectivity index (χ0v) is 21.7. The Hall–Kier alpha value is -2.45. The van der Waals surface area contributed by atoms with Gasteiger partial charge in [0.05, 0.1) is 12.0 Å². The number of rotatable bonds is 11. The Morgan fingerprint density at radius 2 is 1.82 bits per heavy atom. The van der Waals surface area contributed by atoms with Gasteiger partial charge < -0.3 is 15.0 Å². The molecule has 0 aliphatic carbocycles. The first-order valence-corrected chi connectivity index (χ1v) is 13.2. The molecule has 0 bridgehead atoms. The number of benzene rings is 1. The van der Waals surface area contributed by atoms with Crippen molar-refractivity contribution in [2.24, 2.45) is 5.92 Å². The third-order valence-corrected chi connectivity index (χ3v) is 8.23. The molecule has 2 aromatic rings. The molecule has 1 fully saturated rings. The summed E-state index contributed by atoms with van der Waals surface area (Å²) in [7, 11) is 2.28. The summed E-state index contributed by atoms with van der Waals surface area (Å²) in [6.45, 7) is 7.39. The highest BCUT2D eigenvalue weighted by molar-refractivity contribution is 7.82. The van der Waals surface area contributed by atoms with Crippen molar-refractivity contribution in [3.63, 3.8) is 0 Å². The molecule has 1 unspecified atom stereocenters. The van der Waals surface area contributed by atoms with Crippen LogP contribution in [0.2, 0.25) is 0 Å². The first-order valence-electron chi connectivity index (χ1n) is 12.1. The molecule has 0 radical (unpaired) electrons. The Labute approximate surface area is 206 Å². The van der Waals surface area contributed by atoms with E-state index in [1.807, 2.05) is 49.7 Å². The van der Waals surface area contributed by atoms with Crippen LogP contribution in [-0.2, 0) is 15.8 Å². The third-order valence-electron chi connectivity index (χ3n) is 6.48. The van der Waals surface area contributed by atoms with E-state index in [0.29, 0.717) is 18.9 Å². The fourth-order valence-electron chi connectivity index (χ4n) is 4.46. The van der Waals surface area contributed by atoms with Crippen molar-refractivity contribution in [1.82, 2.24) is 14.6 Å². The van der Waals surface area contributed by atoms with Gasteiger partial charge in [-0.1, -0.05) is 0 Å². The predicted octanol–water partition coefficient (Wildman–Crippen LogP) is 3.86. The number of anilines is 1. The van der Waals surface area contributed by atoms with E-state index in [1.165, 1.54) is 5.69 Å². The fraction of sp³-hybridized carbons (Fsp3) is 0.538.